The van der Waals surface area contributed by atoms with Crippen LogP contribution in [0.3, 0.4) is 0 Å². The lowest BCUT2D eigenvalue weighted by atomic mass is 10.2. The molecule has 0 spiro atoms. The molecular formula is C18H11ClFN3OS. The number of nitrogens with zero attached hydrogens (tertiary/aromatic N) is 3. The van der Waals surface area contributed by atoms with E-state index in [0.29, 0.717) is 23.2 Å². The monoisotopic (exact) mass is 371 g/mol. The van der Waals surface area contributed by atoms with Crippen LogP contribution in [0.1, 0.15) is 10.9 Å². The van der Waals surface area contributed by atoms with Crippen LogP contribution in [0.25, 0.3) is 22.6 Å². The SMILES string of the molecule is Fc1ccc(-c2csc(Cc3nc(-c4ccccc4Cl)no3)n2)cc1. The smallest absolute Gasteiger partial charge is 0.233 e. The van der Waals surface area contributed by atoms with Crippen molar-refractivity contribution in [2.45, 2.75) is 6.42 Å². The van der Waals surface area contributed by atoms with E-state index in [1.807, 2.05) is 23.6 Å². The van der Waals surface area contributed by atoms with E-state index in [0.717, 1.165) is 21.8 Å². The molecule has 0 atom stereocenters. The number of benzene rings is 2. The number of aromatic nitrogens is 3. The lowest BCUT2D eigenvalue weighted by Crippen LogP contribution is -1.89. The first-order valence-corrected chi connectivity index (χ1v) is 8.72. The predicted octanol–water partition coefficient (Wildman–Crippen LogP) is 5.24. The van der Waals surface area contributed by atoms with Gasteiger partial charge in [-0.15, -0.1) is 11.3 Å². The fraction of sp³-hybridized carbons (Fsp3) is 0.0556. The zero-order valence-corrected chi connectivity index (χ0v) is 14.4. The van der Waals surface area contributed by atoms with Crippen molar-refractivity contribution in [1.29, 1.82) is 0 Å². The van der Waals surface area contributed by atoms with Gasteiger partial charge in [-0.2, -0.15) is 4.98 Å². The van der Waals surface area contributed by atoms with Gasteiger partial charge in [0.25, 0.3) is 0 Å². The summed E-state index contributed by atoms with van der Waals surface area (Å²) in [6, 6.07) is 13.6. The van der Waals surface area contributed by atoms with Crippen LogP contribution in [0, 0.1) is 5.82 Å². The van der Waals surface area contributed by atoms with Gasteiger partial charge in [0.05, 0.1) is 17.1 Å². The maximum absolute atomic E-state index is 13.0. The summed E-state index contributed by atoms with van der Waals surface area (Å²) < 4.78 is 18.3. The van der Waals surface area contributed by atoms with E-state index in [1.165, 1.54) is 23.5 Å². The molecule has 4 aromatic rings. The fourth-order valence-electron chi connectivity index (χ4n) is 2.35. The quantitative estimate of drug-likeness (QED) is 0.492. The number of rotatable bonds is 4. The third-order valence-corrected chi connectivity index (χ3v) is 4.76. The van der Waals surface area contributed by atoms with Crippen molar-refractivity contribution in [3.05, 3.63) is 75.6 Å². The van der Waals surface area contributed by atoms with Crippen LogP contribution < -0.4 is 0 Å². The van der Waals surface area contributed by atoms with Gasteiger partial charge < -0.3 is 4.52 Å². The van der Waals surface area contributed by atoms with Crippen LogP contribution in [0.4, 0.5) is 4.39 Å². The summed E-state index contributed by atoms with van der Waals surface area (Å²) in [5, 5.41) is 7.32. The highest BCUT2D eigenvalue weighted by atomic mass is 35.5. The summed E-state index contributed by atoms with van der Waals surface area (Å²) >= 11 is 7.64. The van der Waals surface area contributed by atoms with Gasteiger partial charge in [0.1, 0.15) is 10.8 Å². The predicted molar refractivity (Wildman–Crippen MR) is 95.1 cm³/mol. The second-order valence-corrected chi connectivity index (χ2v) is 6.65. The minimum absolute atomic E-state index is 0.267. The van der Waals surface area contributed by atoms with E-state index < -0.39 is 0 Å². The van der Waals surface area contributed by atoms with E-state index in [9.17, 15) is 4.39 Å². The van der Waals surface area contributed by atoms with Crippen molar-refractivity contribution in [2.24, 2.45) is 0 Å². The summed E-state index contributed by atoms with van der Waals surface area (Å²) in [6.45, 7) is 0. The van der Waals surface area contributed by atoms with Crippen LogP contribution in [0.2, 0.25) is 5.02 Å². The first kappa shape index (κ1) is 15.9. The van der Waals surface area contributed by atoms with Gasteiger partial charge in [0.2, 0.25) is 11.7 Å². The van der Waals surface area contributed by atoms with Crippen molar-refractivity contribution in [3.8, 4) is 22.6 Å². The Labute approximate surface area is 151 Å². The molecule has 2 heterocycles. The van der Waals surface area contributed by atoms with Gasteiger partial charge >= 0.3 is 0 Å². The topological polar surface area (TPSA) is 51.8 Å². The molecule has 25 heavy (non-hydrogen) atoms. The molecule has 2 aromatic carbocycles. The molecule has 4 nitrogen and oxygen atoms in total. The van der Waals surface area contributed by atoms with Crippen LogP contribution in [0.15, 0.2) is 58.4 Å². The van der Waals surface area contributed by atoms with Gasteiger partial charge in [-0.1, -0.05) is 28.9 Å². The molecule has 0 aliphatic rings. The highest BCUT2D eigenvalue weighted by Crippen LogP contribution is 2.27. The molecule has 2 aromatic heterocycles. The molecule has 0 bridgehead atoms. The number of hydrogen-bond acceptors (Lipinski definition) is 5. The molecule has 0 saturated carbocycles. The van der Waals surface area contributed by atoms with Gasteiger partial charge in [-0.3, -0.25) is 0 Å². The Morgan fingerprint density at radius 3 is 2.64 bits per heavy atom. The Hall–Kier alpha value is -2.57. The summed E-state index contributed by atoms with van der Waals surface area (Å²) in [5.74, 6) is 0.656. The first-order chi connectivity index (χ1) is 12.2. The Bertz CT molecular complexity index is 1010. The molecule has 124 valence electrons. The summed E-state index contributed by atoms with van der Waals surface area (Å²) in [7, 11) is 0. The van der Waals surface area contributed by atoms with Crippen LogP contribution in [0.5, 0.6) is 0 Å². The number of halogens is 2. The van der Waals surface area contributed by atoms with Gasteiger partial charge in [0.15, 0.2) is 0 Å². The largest absolute Gasteiger partial charge is 0.339 e. The van der Waals surface area contributed by atoms with Crippen molar-refractivity contribution in [1.82, 2.24) is 15.1 Å². The van der Waals surface area contributed by atoms with E-state index >= 15 is 0 Å². The Kier molecular flexibility index (Phi) is 4.29. The molecular weight excluding hydrogens is 361 g/mol. The molecule has 0 unspecified atom stereocenters. The maximum atomic E-state index is 13.0. The standard InChI is InChI=1S/C18H11ClFN3OS/c19-14-4-2-1-3-13(14)18-22-16(24-23-18)9-17-21-15(10-25-17)11-5-7-12(20)8-6-11/h1-8,10H,9H2. The molecule has 0 amide bonds. The molecule has 0 radical (unpaired) electrons. The minimum atomic E-state index is -0.267. The lowest BCUT2D eigenvalue weighted by molar-refractivity contribution is 0.385. The molecule has 7 heteroatoms. The van der Waals surface area contributed by atoms with Gasteiger partial charge in [-0.25, -0.2) is 9.37 Å². The highest BCUT2D eigenvalue weighted by Gasteiger charge is 2.13. The van der Waals surface area contributed by atoms with Crippen LogP contribution in [-0.4, -0.2) is 15.1 Å². The van der Waals surface area contributed by atoms with Gasteiger partial charge in [0, 0.05) is 16.5 Å². The molecule has 0 fully saturated rings. The second kappa shape index (κ2) is 6.74. The Morgan fingerprint density at radius 2 is 1.84 bits per heavy atom. The zero-order chi connectivity index (χ0) is 17.2. The average molecular weight is 372 g/mol. The van der Waals surface area contributed by atoms with E-state index in [1.54, 1.807) is 18.2 Å². The third kappa shape index (κ3) is 3.45. The molecule has 0 saturated heterocycles. The van der Waals surface area contributed by atoms with Crippen LogP contribution >= 0.6 is 22.9 Å². The minimum Gasteiger partial charge on any atom is -0.339 e. The normalized spacial score (nSPS) is 11.0. The molecule has 0 N–H and O–H groups in total. The fourth-order valence-corrected chi connectivity index (χ4v) is 3.37. The van der Waals surface area contributed by atoms with Crippen molar-refractivity contribution in [3.63, 3.8) is 0 Å². The van der Waals surface area contributed by atoms with Crippen molar-refractivity contribution < 1.29 is 8.91 Å². The van der Waals surface area contributed by atoms with Gasteiger partial charge in [-0.05, 0) is 36.4 Å². The van der Waals surface area contributed by atoms with E-state index in [-0.39, 0.29) is 5.82 Å². The Balaban J connectivity index is 1.54. The van der Waals surface area contributed by atoms with E-state index in [4.69, 9.17) is 16.1 Å². The summed E-state index contributed by atoms with van der Waals surface area (Å²) in [5.41, 5.74) is 2.39. The molecule has 0 aliphatic carbocycles. The first-order valence-electron chi connectivity index (χ1n) is 7.47. The zero-order valence-electron chi connectivity index (χ0n) is 12.8. The summed E-state index contributed by atoms with van der Waals surface area (Å²) in [4.78, 5) is 8.93. The highest BCUT2D eigenvalue weighted by molar-refractivity contribution is 7.10. The number of hydrogen-bond donors (Lipinski definition) is 0. The van der Waals surface area contributed by atoms with Crippen LogP contribution in [-0.2, 0) is 6.42 Å². The maximum Gasteiger partial charge on any atom is 0.233 e. The summed E-state index contributed by atoms with van der Waals surface area (Å²) in [6.07, 6.45) is 0.434. The average Bonchev–Trinajstić information content (AvgIpc) is 3.26. The third-order valence-electron chi connectivity index (χ3n) is 3.58. The Morgan fingerprint density at radius 1 is 1.04 bits per heavy atom. The van der Waals surface area contributed by atoms with E-state index in [2.05, 4.69) is 15.1 Å². The van der Waals surface area contributed by atoms with Crippen molar-refractivity contribution in [2.75, 3.05) is 0 Å². The molecule has 4 rings (SSSR count). The van der Waals surface area contributed by atoms with Crippen molar-refractivity contribution >= 4 is 22.9 Å². The molecule has 0 aliphatic heterocycles. The second-order valence-electron chi connectivity index (χ2n) is 5.30. The number of thiazole rings is 1. The lowest BCUT2D eigenvalue weighted by Gasteiger charge is -1.96.